The van der Waals surface area contributed by atoms with E-state index in [1.165, 1.54) is 7.11 Å². The number of methoxy groups -OCH3 is 1. The number of esters is 1. The van der Waals surface area contributed by atoms with Crippen LogP contribution in [0.25, 0.3) is 0 Å². The Morgan fingerprint density at radius 2 is 1.81 bits per heavy atom. The van der Waals surface area contributed by atoms with Crippen molar-refractivity contribution in [3.05, 3.63) is 0 Å². The summed E-state index contributed by atoms with van der Waals surface area (Å²) in [5, 5.41) is 3.34. The maximum atomic E-state index is 12.3. The fraction of sp³-hybridized carbons (Fsp3) is 0.867. The molecule has 0 bridgehead atoms. The fourth-order valence-corrected chi connectivity index (χ4v) is 3.22. The molecule has 0 radical (unpaired) electrons. The summed E-state index contributed by atoms with van der Waals surface area (Å²) in [6.45, 7) is 3.88. The van der Waals surface area contributed by atoms with Crippen molar-refractivity contribution in [2.75, 3.05) is 46.9 Å². The Labute approximate surface area is 126 Å². The van der Waals surface area contributed by atoms with Crippen LogP contribution in [0.2, 0.25) is 0 Å². The molecule has 2 rings (SSSR count). The number of piperidine rings is 2. The smallest absolute Gasteiger partial charge is 0.308 e. The second kappa shape index (κ2) is 7.75. The highest BCUT2D eigenvalue weighted by Crippen LogP contribution is 2.19. The van der Waals surface area contributed by atoms with Gasteiger partial charge in [-0.1, -0.05) is 0 Å². The standard InChI is InChI=1S/C15H27N3O3/c1-17(13-3-7-16-8-4-13)11-14(19)18-9-5-12(6-10-18)15(20)21-2/h12-13,16H,3-11H2,1-2H3. The molecular formula is C15H27N3O3. The summed E-state index contributed by atoms with van der Waals surface area (Å²) >= 11 is 0. The van der Waals surface area contributed by atoms with E-state index in [1.54, 1.807) is 0 Å². The van der Waals surface area contributed by atoms with Crippen molar-refractivity contribution < 1.29 is 14.3 Å². The van der Waals surface area contributed by atoms with Gasteiger partial charge in [0.05, 0.1) is 19.6 Å². The lowest BCUT2D eigenvalue weighted by Crippen LogP contribution is -2.48. The quantitative estimate of drug-likeness (QED) is 0.745. The number of hydrogen-bond donors (Lipinski definition) is 1. The Morgan fingerprint density at radius 3 is 2.38 bits per heavy atom. The summed E-state index contributed by atoms with van der Waals surface area (Å²) in [4.78, 5) is 27.9. The van der Waals surface area contributed by atoms with Crippen molar-refractivity contribution in [1.82, 2.24) is 15.1 Å². The van der Waals surface area contributed by atoms with Gasteiger partial charge in [-0.05, 0) is 45.8 Å². The molecule has 6 heteroatoms. The first kappa shape index (κ1) is 16.2. The van der Waals surface area contributed by atoms with Gasteiger partial charge in [0.25, 0.3) is 0 Å². The molecule has 2 fully saturated rings. The van der Waals surface area contributed by atoms with Gasteiger partial charge in [0.15, 0.2) is 0 Å². The van der Waals surface area contributed by atoms with Crippen LogP contribution in [0.3, 0.4) is 0 Å². The molecule has 2 aliphatic rings. The van der Waals surface area contributed by atoms with E-state index in [9.17, 15) is 9.59 Å². The normalized spacial score (nSPS) is 21.6. The molecule has 6 nitrogen and oxygen atoms in total. The van der Waals surface area contributed by atoms with E-state index >= 15 is 0 Å². The minimum atomic E-state index is -0.145. The number of ether oxygens (including phenoxy) is 1. The molecule has 1 N–H and O–H groups in total. The highest BCUT2D eigenvalue weighted by Gasteiger charge is 2.29. The van der Waals surface area contributed by atoms with Crippen LogP contribution < -0.4 is 5.32 Å². The van der Waals surface area contributed by atoms with E-state index in [0.717, 1.165) is 38.8 Å². The van der Waals surface area contributed by atoms with Crippen LogP contribution in [0.1, 0.15) is 25.7 Å². The van der Waals surface area contributed by atoms with Gasteiger partial charge in [-0.2, -0.15) is 0 Å². The number of nitrogens with one attached hydrogen (secondary N) is 1. The van der Waals surface area contributed by atoms with Crippen LogP contribution in [-0.4, -0.2) is 74.6 Å². The van der Waals surface area contributed by atoms with E-state index in [4.69, 9.17) is 4.74 Å². The van der Waals surface area contributed by atoms with Gasteiger partial charge in [0.2, 0.25) is 5.91 Å². The number of carbonyl (C=O) groups is 2. The Balaban J connectivity index is 1.75. The van der Waals surface area contributed by atoms with Gasteiger partial charge in [-0.3, -0.25) is 14.5 Å². The molecule has 0 aromatic carbocycles. The molecular weight excluding hydrogens is 270 g/mol. The van der Waals surface area contributed by atoms with Gasteiger partial charge in [-0.15, -0.1) is 0 Å². The topological polar surface area (TPSA) is 61.9 Å². The molecule has 120 valence electrons. The highest BCUT2D eigenvalue weighted by atomic mass is 16.5. The highest BCUT2D eigenvalue weighted by molar-refractivity contribution is 5.79. The first-order chi connectivity index (χ1) is 10.1. The molecule has 0 aliphatic carbocycles. The average Bonchev–Trinajstić information content (AvgIpc) is 2.55. The molecule has 0 spiro atoms. The van der Waals surface area contributed by atoms with Crippen molar-refractivity contribution in [1.29, 1.82) is 0 Å². The monoisotopic (exact) mass is 297 g/mol. The average molecular weight is 297 g/mol. The largest absolute Gasteiger partial charge is 0.469 e. The Kier molecular flexibility index (Phi) is 5.99. The van der Waals surface area contributed by atoms with Crippen LogP contribution in [0.15, 0.2) is 0 Å². The second-order valence-corrected chi connectivity index (χ2v) is 6.07. The minimum Gasteiger partial charge on any atom is -0.469 e. The summed E-state index contributed by atoms with van der Waals surface area (Å²) in [6, 6.07) is 0.503. The van der Waals surface area contributed by atoms with Crippen molar-refractivity contribution in [3.8, 4) is 0 Å². The molecule has 0 aromatic rings. The van der Waals surface area contributed by atoms with Crippen molar-refractivity contribution in [3.63, 3.8) is 0 Å². The Hall–Kier alpha value is -1.14. The predicted octanol–water partition coefficient (Wildman–Crippen LogP) is 0.0818. The van der Waals surface area contributed by atoms with Crippen molar-refractivity contribution in [2.45, 2.75) is 31.7 Å². The SMILES string of the molecule is COC(=O)C1CCN(C(=O)CN(C)C2CCNCC2)CC1. The number of carbonyl (C=O) groups excluding carboxylic acids is 2. The van der Waals surface area contributed by atoms with Crippen LogP contribution in [-0.2, 0) is 14.3 Å². The van der Waals surface area contributed by atoms with E-state index in [2.05, 4.69) is 10.2 Å². The third kappa shape index (κ3) is 4.41. The molecule has 21 heavy (non-hydrogen) atoms. The van der Waals surface area contributed by atoms with Gasteiger partial charge in [0, 0.05) is 19.1 Å². The number of hydrogen-bond acceptors (Lipinski definition) is 5. The minimum absolute atomic E-state index is 0.0406. The zero-order valence-electron chi connectivity index (χ0n) is 13.1. The number of nitrogens with zero attached hydrogens (tertiary/aromatic N) is 2. The fourth-order valence-electron chi connectivity index (χ4n) is 3.22. The maximum absolute atomic E-state index is 12.3. The van der Waals surface area contributed by atoms with Crippen LogP contribution in [0.4, 0.5) is 0 Å². The second-order valence-electron chi connectivity index (χ2n) is 6.07. The molecule has 0 unspecified atom stereocenters. The van der Waals surface area contributed by atoms with Gasteiger partial charge in [0.1, 0.15) is 0 Å². The molecule has 2 aliphatic heterocycles. The first-order valence-electron chi connectivity index (χ1n) is 7.88. The van der Waals surface area contributed by atoms with E-state index in [-0.39, 0.29) is 17.8 Å². The summed E-state index contributed by atoms with van der Waals surface area (Å²) in [5.41, 5.74) is 0. The zero-order valence-corrected chi connectivity index (χ0v) is 13.1. The Bertz CT molecular complexity index is 361. The lowest BCUT2D eigenvalue weighted by molar-refractivity contribution is -0.149. The molecule has 1 amide bonds. The number of likely N-dealkylation sites (tertiary alicyclic amines) is 1. The lowest BCUT2D eigenvalue weighted by atomic mass is 9.97. The number of likely N-dealkylation sites (N-methyl/N-ethyl adjacent to an activating group) is 1. The van der Waals surface area contributed by atoms with Crippen molar-refractivity contribution in [2.24, 2.45) is 5.92 Å². The van der Waals surface area contributed by atoms with Crippen LogP contribution >= 0.6 is 0 Å². The zero-order chi connectivity index (χ0) is 15.2. The number of rotatable bonds is 4. The van der Waals surface area contributed by atoms with Crippen molar-refractivity contribution >= 4 is 11.9 Å². The summed E-state index contributed by atoms with van der Waals surface area (Å²) in [7, 11) is 3.46. The third-order valence-electron chi connectivity index (χ3n) is 4.70. The molecule has 0 atom stereocenters. The summed E-state index contributed by atoms with van der Waals surface area (Å²) in [6.07, 6.45) is 3.65. The van der Waals surface area contributed by atoms with E-state index < -0.39 is 0 Å². The van der Waals surface area contributed by atoms with E-state index in [0.29, 0.717) is 25.7 Å². The molecule has 0 saturated carbocycles. The molecule has 2 heterocycles. The van der Waals surface area contributed by atoms with Gasteiger partial charge < -0.3 is 15.0 Å². The predicted molar refractivity (Wildman–Crippen MR) is 79.8 cm³/mol. The Morgan fingerprint density at radius 1 is 1.19 bits per heavy atom. The third-order valence-corrected chi connectivity index (χ3v) is 4.70. The van der Waals surface area contributed by atoms with E-state index in [1.807, 2.05) is 11.9 Å². The lowest BCUT2D eigenvalue weighted by Gasteiger charge is -2.35. The first-order valence-corrected chi connectivity index (χ1v) is 7.88. The maximum Gasteiger partial charge on any atom is 0.308 e. The number of amides is 1. The van der Waals surface area contributed by atoms with Crippen LogP contribution in [0.5, 0.6) is 0 Å². The summed E-state index contributed by atoms with van der Waals surface area (Å²) in [5.74, 6) is -0.00512. The molecule has 2 saturated heterocycles. The molecule has 0 aromatic heterocycles. The summed E-state index contributed by atoms with van der Waals surface area (Å²) < 4.78 is 4.77. The van der Waals surface area contributed by atoms with Crippen LogP contribution in [0, 0.1) is 5.92 Å². The van der Waals surface area contributed by atoms with Gasteiger partial charge in [-0.25, -0.2) is 0 Å². The van der Waals surface area contributed by atoms with Gasteiger partial charge >= 0.3 is 5.97 Å².